The van der Waals surface area contributed by atoms with Gasteiger partial charge in [-0.1, -0.05) is 42.5 Å². The maximum atomic E-state index is 13.5. The molecule has 150 valence electrons. The van der Waals surface area contributed by atoms with E-state index in [1.165, 1.54) is 19.2 Å². The van der Waals surface area contributed by atoms with Gasteiger partial charge in [-0.25, -0.2) is 9.18 Å². The lowest BCUT2D eigenvalue weighted by atomic mass is 9.75. The van der Waals surface area contributed by atoms with Gasteiger partial charge < -0.3 is 10.1 Å². The quantitative estimate of drug-likeness (QED) is 0.620. The summed E-state index contributed by atoms with van der Waals surface area (Å²) in [5.41, 5.74) is -0.104. The minimum atomic E-state index is -1.39. The Bertz CT molecular complexity index is 963. The summed E-state index contributed by atoms with van der Waals surface area (Å²) in [6.45, 7) is 1.85. The number of carbonyl (C=O) groups excluding carboxylic acids is 3. The Morgan fingerprint density at radius 3 is 2.38 bits per heavy atom. The molecule has 2 aliphatic rings. The fourth-order valence-electron chi connectivity index (χ4n) is 4.71. The molecular weight excluding hydrogens is 375 g/mol. The molecule has 29 heavy (non-hydrogen) atoms. The van der Waals surface area contributed by atoms with Crippen LogP contribution in [0.5, 0.6) is 0 Å². The number of likely N-dealkylation sites (tertiary alicyclic amines) is 1. The maximum absolute atomic E-state index is 13.5. The number of imide groups is 1. The van der Waals surface area contributed by atoms with Crippen molar-refractivity contribution in [3.8, 4) is 0 Å². The number of amides is 2. The maximum Gasteiger partial charge on any atom is 0.373 e. The molecule has 6 nitrogen and oxygen atoms in total. The second kappa shape index (κ2) is 7.08. The predicted octanol–water partition coefficient (Wildman–Crippen LogP) is 1.13. The van der Waals surface area contributed by atoms with Crippen LogP contribution in [0.15, 0.2) is 54.6 Å². The summed E-state index contributed by atoms with van der Waals surface area (Å²) in [4.78, 5) is 40.5. The summed E-state index contributed by atoms with van der Waals surface area (Å²) in [7, 11) is 1.44. The lowest BCUT2D eigenvalue weighted by Crippen LogP contribution is -2.96. The van der Waals surface area contributed by atoms with Gasteiger partial charge in [-0.3, -0.25) is 14.5 Å². The van der Waals surface area contributed by atoms with E-state index in [2.05, 4.69) is 0 Å². The molecule has 2 N–H and O–H groups in total. The summed E-state index contributed by atoms with van der Waals surface area (Å²) in [5, 5.41) is 1.76. The summed E-state index contributed by atoms with van der Waals surface area (Å²) >= 11 is 0. The molecule has 2 fully saturated rings. The van der Waals surface area contributed by atoms with E-state index < -0.39 is 41.1 Å². The van der Waals surface area contributed by atoms with Crippen LogP contribution >= 0.6 is 0 Å². The third-order valence-corrected chi connectivity index (χ3v) is 6.01. The average molecular weight is 397 g/mol. The van der Waals surface area contributed by atoms with E-state index >= 15 is 0 Å². The summed E-state index contributed by atoms with van der Waals surface area (Å²) in [5.74, 6) is -3.35. The number of nitrogens with zero attached hydrogens (tertiary/aromatic N) is 1. The second-order valence-electron chi connectivity index (χ2n) is 7.44. The molecule has 4 atom stereocenters. The molecule has 0 saturated carbocycles. The third kappa shape index (κ3) is 2.76. The molecule has 0 unspecified atom stereocenters. The van der Waals surface area contributed by atoms with Crippen LogP contribution in [-0.2, 0) is 24.7 Å². The Balaban J connectivity index is 1.93. The van der Waals surface area contributed by atoms with Crippen LogP contribution in [-0.4, -0.2) is 36.3 Å². The molecular formula is C22H22FN2O4+. The molecule has 0 bridgehead atoms. The topological polar surface area (TPSA) is 80.3 Å². The van der Waals surface area contributed by atoms with Crippen LogP contribution in [0.4, 0.5) is 4.39 Å². The van der Waals surface area contributed by atoms with E-state index in [0.717, 1.165) is 4.90 Å². The van der Waals surface area contributed by atoms with Crippen molar-refractivity contribution >= 4 is 17.8 Å². The first-order chi connectivity index (χ1) is 13.9. The molecule has 2 heterocycles. The molecule has 2 aromatic rings. The number of esters is 1. The summed E-state index contributed by atoms with van der Waals surface area (Å²) < 4.78 is 18.9. The Hall–Kier alpha value is -3.06. The molecule has 0 spiro atoms. The van der Waals surface area contributed by atoms with Gasteiger partial charge in [0, 0.05) is 18.2 Å². The lowest BCUT2D eigenvalue weighted by molar-refractivity contribution is -0.742. The number of hydrogen-bond acceptors (Lipinski definition) is 4. The van der Waals surface area contributed by atoms with Crippen LogP contribution in [0.25, 0.3) is 0 Å². The predicted molar refractivity (Wildman–Crippen MR) is 101 cm³/mol. The number of hydrogen-bond donors (Lipinski definition) is 1. The van der Waals surface area contributed by atoms with Crippen LogP contribution in [0.1, 0.15) is 24.1 Å². The minimum absolute atomic E-state index is 0.151. The second-order valence-corrected chi connectivity index (χ2v) is 7.44. The fraction of sp³-hybridized carbons (Fsp3) is 0.318. The first-order valence-electron chi connectivity index (χ1n) is 9.57. The van der Waals surface area contributed by atoms with Gasteiger partial charge >= 0.3 is 5.97 Å². The highest BCUT2D eigenvalue weighted by Crippen LogP contribution is 2.48. The van der Waals surface area contributed by atoms with E-state index in [1.807, 2.05) is 6.07 Å². The highest BCUT2D eigenvalue weighted by molar-refractivity contribution is 6.08. The van der Waals surface area contributed by atoms with Gasteiger partial charge in [0.2, 0.25) is 17.4 Å². The fourth-order valence-corrected chi connectivity index (χ4v) is 4.71. The van der Waals surface area contributed by atoms with Crippen molar-refractivity contribution in [2.45, 2.75) is 18.5 Å². The number of nitrogens with two attached hydrogens (primary N) is 1. The van der Waals surface area contributed by atoms with Gasteiger partial charge in [-0.05, 0) is 19.1 Å². The highest BCUT2D eigenvalue weighted by atomic mass is 19.1. The van der Waals surface area contributed by atoms with E-state index in [4.69, 9.17) is 4.74 Å². The first-order valence-corrected chi connectivity index (χ1v) is 9.57. The molecule has 2 aliphatic heterocycles. The SMILES string of the molecule is CCOC(=O)[C@@]1(c2ccccc2)[NH2+][C@@H](c2ccc(F)cc2)[C@H]2C(=O)N(C)C(=O)[C@H]21. The van der Waals surface area contributed by atoms with Gasteiger partial charge in [0.1, 0.15) is 23.7 Å². The van der Waals surface area contributed by atoms with Crippen molar-refractivity contribution in [1.82, 2.24) is 4.90 Å². The standard InChI is InChI=1S/C22H21FN2O4/c1-3-29-21(28)22(14-7-5-4-6-8-14)17-16(19(26)25(2)20(17)27)18(24-22)13-9-11-15(23)12-10-13/h4-12,16-18,24H,3H2,1-2H3/p+1/t16-,17-,18-,22-/m0/s1. The normalized spacial score (nSPS) is 28.5. The zero-order valence-corrected chi connectivity index (χ0v) is 16.2. The van der Waals surface area contributed by atoms with Crippen molar-refractivity contribution in [2.75, 3.05) is 13.7 Å². The molecule has 7 heteroatoms. The number of ether oxygens (including phenoxy) is 1. The largest absolute Gasteiger partial charge is 0.461 e. The Labute approximate surface area is 167 Å². The van der Waals surface area contributed by atoms with Crippen molar-refractivity contribution in [2.24, 2.45) is 11.8 Å². The molecule has 0 aliphatic carbocycles. The number of quaternary nitrogens is 1. The molecule has 2 saturated heterocycles. The third-order valence-electron chi connectivity index (χ3n) is 6.01. The molecule has 0 aromatic heterocycles. The van der Waals surface area contributed by atoms with Gasteiger partial charge in [0.05, 0.1) is 6.61 Å². The number of rotatable bonds is 4. The first kappa shape index (κ1) is 19.3. The van der Waals surface area contributed by atoms with Crippen molar-refractivity contribution in [3.63, 3.8) is 0 Å². The number of benzene rings is 2. The van der Waals surface area contributed by atoms with Crippen LogP contribution in [0.3, 0.4) is 0 Å². The Morgan fingerprint density at radius 1 is 1.10 bits per heavy atom. The van der Waals surface area contributed by atoms with Crippen LogP contribution < -0.4 is 5.32 Å². The molecule has 2 amide bonds. The zero-order chi connectivity index (χ0) is 20.8. The number of fused-ring (bicyclic) bond motifs is 1. The minimum Gasteiger partial charge on any atom is -0.461 e. The van der Waals surface area contributed by atoms with E-state index in [-0.39, 0.29) is 12.5 Å². The van der Waals surface area contributed by atoms with Crippen molar-refractivity contribution in [3.05, 3.63) is 71.5 Å². The van der Waals surface area contributed by atoms with E-state index in [1.54, 1.807) is 48.6 Å². The Kier molecular flexibility index (Phi) is 4.70. The van der Waals surface area contributed by atoms with Crippen LogP contribution in [0, 0.1) is 17.7 Å². The smallest absolute Gasteiger partial charge is 0.373 e. The molecule has 2 aromatic carbocycles. The highest BCUT2D eigenvalue weighted by Gasteiger charge is 2.72. The monoisotopic (exact) mass is 397 g/mol. The van der Waals surface area contributed by atoms with Gasteiger partial charge in [0.15, 0.2) is 0 Å². The van der Waals surface area contributed by atoms with E-state index in [0.29, 0.717) is 11.1 Å². The van der Waals surface area contributed by atoms with Gasteiger partial charge in [-0.15, -0.1) is 0 Å². The lowest BCUT2D eigenvalue weighted by Gasteiger charge is -2.29. The van der Waals surface area contributed by atoms with Gasteiger partial charge in [-0.2, -0.15) is 0 Å². The van der Waals surface area contributed by atoms with Gasteiger partial charge in [0.25, 0.3) is 0 Å². The number of carbonyl (C=O) groups is 3. The van der Waals surface area contributed by atoms with Crippen molar-refractivity contribution in [1.29, 1.82) is 0 Å². The average Bonchev–Trinajstić information content (AvgIpc) is 3.20. The van der Waals surface area contributed by atoms with Crippen LogP contribution in [0.2, 0.25) is 0 Å². The number of halogens is 1. The summed E-state index contributed by atoms with van der Waals surface area (Å²) in [6.07, 6.45) is 0. The van der Waals surface area contributed by atoms with Crippen molar-refractivity contribution < 1.29 is 28.8 Å². The molecule has 4 rings (SSSR count). The zero-order valence-electron chi connectivity index (χ0n) is 16.2. The Morgan fingerprint density at radius 2 is 1.76 bits per heavy atom. The summed E-state index contributed by atoms with van der Waals surface area (Å²) in [6, 6.07) is 14.2. The van der Waals surface area contributed by atoms with E-state index in [9.17, 15) is 18.8 Å². The molecule has 0 radical (unpaired) electrons.